The molecule has 0 saturated heterocycles. The average Bonchev–Trinajstić information content (AvgIpc) is 2.78. The van der Waals surface area contributed by atoms with E-state index in [2.05, 4.69) is 25.9 Å². The van der Waals surface area contributed by atoms with Crippen LogP contribution in [-0.4, -0.2) is 25.4 Å². The quantitative estimate of drug-likeness (QED) is 0.789. The van der Waals surface area contributed by atoms with Gasteiger partial charge in [0, 0.05) is 16.9 Å². The van der Waals surface area contributed by atoms with E-state index in [1.807, 2.05) is 6.07 Å². The zero-order chi connectivity index (χ0) is 13.4. The molecule has 6 heteroatoms. The number of fused-ring (bicyclic) bond motifs is 1. The largest absolute Gasteiger partial charge is 0.476 e. The molecule has 94 valence electrons. The van der Waals surface area contributed by atoms with Crippen LogP contribution in [0.25, 0.3) is 17.0 Å². The van der Waals surface area contributed by atoms with Crippen molar-refractivity contribution in [3.63, 3.8) is 0 Å². The van der Waals surface area contributed by atoms with Gasteiger partial charge in [-0.1, -0.05) is 6.07 Å². The number of hydrogen-bond donors (Lipinski definition) is 1. The molecule has 3 aromatic rings. The Labute approximate surface area is 116 Å². The number of rotatable bonds is 2. The third-order valence-corrected chi connectivity index (χ3v) is 3.17. The molecule has 0 bridgehead atoms. The van der Waals surface area contributed by atoms with E-state index in [-0.39, 0.29) is 5.69 Å². The van der Waals surface area contributed by atoms with Crippen LogP contribution in [0.1, 0.15) is 10.5 Å². The Morgan fingerprint density at radius 2 is 2.11 bits per heavy atom. The Kier molecular flexibility index (Phi) is 2.79. The SMILES string of the molecule is O=C(O)c1nc(-c2ccccn2)n2cc(Br)ccc12. The van der Waals surface area contributed by atoms with Gasteiger partial charge in [0.25, 0.3) is 0 Å². The highest BCUT2D eigenvalue weighted by atomic mass is 79.9. The van der Waals surface area contributed by atoms with Crippen LogP contribution in [0.2, 0.25) is 0 Å². The minimum atomic E-state index is -1.05. The van der Waals surface area contributed by atoms with Crippen LogP contribution in [0.5, 0.6) is 0 Å². The van der Waals surface area contributed by atoms with Gasteiger partial charge in [-0.05, 0) is 40.2 Å². The Morgan fingerprint density at radius 1 is 1.26 bits per heavy atom. The summed E-state index contributed by atoms with van der Waals surface area (Å²) in [7, 11) is 0. The summed E-state index contributed by atoms with van der Waals surface area (Å²) in [6.45, 7) is 0. The maximum absolute atomic E-state index is 11.2. The Morgan fingerprint density at radius 3 is 2.79 bits per heavy atom. The van der Waals surface area contributed by atoms with Gasteiger partial charge in [-0.3, -0.25) is 9.38 Å². The fourth-order valence-corrected chi connectivity index (χ4v) is 2.23. The molecule has 5 nitrogen and oxygen atoms in total. The molecule has 0 aromatic carbocycles. The van der Waals surface area contributed by atoms with E-state index in [1.165, 1.54) is 0 Å². The van der Waals surface area contributed by atoms with Crippen molar-refractivity contribution in [3.05, 3.63) is 52.9 Å². The van der Waals surface area contributed by atoms with Gasteiger partial charge in [0.2, 0.25) is 0 Å². The number of imidazole rings is 1. The number of carboxylic acids is 1. The van der Waals surface area contributed by atoms with E-state index in [4.69, 9.17) is 0 Å². The molecular formula is C13H8BrN3O2. The second-order valence-electron chi connectivity index (χ2n) is 3.91. The lowest BCUT2D eigenvalue weighted by Gasteiger charge is -2.00. The number of carboxylic acid groups (broad SMARTS) is 1. The number of hydrogen-bond acceptors (Lipinski definition) is 3. The maximum atomic E-state index is 11.2. The highest BCUT2D eigenvalue weighted by Gasteiger charge is 2.18. The Balaban J connectivity index is 2.36. The van der Waals surface area contributed by atoms with Gasteiger partial charge in [-0.15, -0.1) is 0 Å². The minimum absolute atomic E-state index is 0.0214. The molecule has 0 aliphatic rings. The summed E-state index contributed by atoms with van der Waals surface area (Å²) in [4.78, 5) is 19.6. The van der Waals surface area contributed by atoms with E-state index >= 15 is 0 Å². The first-order valence-electron chi connectivity index (χ1n) is 5.49. The van der Waals surface area contributed by atoms with Crippen molar-refractivity contribution >= 4 is 27.4 Å². The van der Waals surface area contributed by atoms with Crippen LogP contribution in [0.15, 0.2) is 47.2 Å². The molecule has 3 heterocycles. The molecule has 3 rings (SSSR count). The molecule has 0 radical (unpaired) electrons. The molecule has 1 N–H and O–H groups in total. The topological polar surface area (TPSA) is 67.5 Å². The summed E-state index contributed by atoms with van der Waals surface area (Å²) in [6, 6.07) is 8.93. The summed E-state index contributed by atoms with van der Waals surface area (Å²) in [5.41, 5.74) is 1.19. The summed E-state index contributed by atoms with van der Waals surface area (Å²) < 4.78 is 2.56. The number of aromatic carboxylic acids is 1. The van der Waals surface area contributed by atoms with E-state index in [9.17, 15) is 9.90 Å². The molecule has 0 unspecified atom stereocenters. The Bertz CT molecular complexity index is 768. The van der Waals surface area contributed by atoms with E-state index < -0.39 is 5.97 Å². The lowest BCUT2D eigenvalue weighted by atomic mass is 10.3. The van der Waals surface area contributed by atoms with Gasteiger partial charge in [-0.2, -0.15) is 0 Å². The van der Waals surface area contributed by atoms with Crippen LogP contribution in [-0.2, 0) is 0 Å². The minimum Gasteiger partial charge on any atom is -0.476 e. The first-order valence-corrected chi connectivity index (χ1v) is 6.28. The average molecular weight is 318 g/mol. The van der Waals surface area contributed by atoms with Gasteiger partial charge in [0.15, 0.2) is 11.5 Å². The van der Waals surface area contributed by atoms with E-state index in [0.717, 1.165) is 4.47 Å². The number of pyridine rings is 2. The number of aromatic nitrogens is 3. The van der Waals surface area contributed by atoms with E-state index in [0.29, 0.717) is 17.0 Å². The summed E-state index contributed by atoms with van der Waals surface area (Å²) in [5.74, 6) is -0.545. The van der Waals surface area contributed by atoms with Gasteiger partial charge >= 0.3 is 5.97 Å². The van der Waals surface area contributed by atoms with Crippen LogP contribution >= 0.6 is 15.9 Å². The fourth-order valence-electron chi connectivity index (χ4n) is 1.89. The first kappa shape index (κ1) is 11.9. The molecule has 0 spiro atoms. The second kappa shape index (κ2) is 4.47. The van der Waals surface area contributed by atoms with Crippen LogP contribution in [0, 0.1) is 0 Å². The van der Waals surface area contributed by atoms with Gasteiger partial charge in [0.05, 0.1) is 5.52 Å². The van der Waals surface area contributed by atoms with Crippen LogP contribution in [0.3, 0.4) is 0 Å². The zero-order valence-electron chi connectivity index (χ0n) is 9.62. The second-order valence-corrected chi connectivity index (χ2v) is 4.82. The molecule has 0 atom stereocenters. The third-order valence-electron chi connectivity index (χ3n) is 2.70. The first-order chi connectivity index (χ1) is 9.16. The maximum Gasteiger partial charge on any atom is 0.356 e. The molecule has 0 aliphatic carbocycles. The number of halogens is 1. The molecule has 3 aromatic heterocycles. The van der Waals surface area contributed by atoms with Crippen molar-refractivity contribution in [2.45, 2.75) is 0 Å². The summed E-state index contributed by atoms with van der Waals surface area (Å²) in [5, 5.41) is 9.20. The van der Waals surface area contributed by atoms with Crippen molar-refractivity contribution < 1.29 is 9.90 Å². The lowest BCUT2D eigenvalue weighted by Crippen LogP contribution is -1.97. The highest BCUT2D eigenvalue weighted by molar-refractivity contribution is 9.10. The van der Waals surface area contributed by atoms with Crippen molar-refractivity contribution in [1.29, 1.82) is 0 Å². The smallest absolute Gasteiger partial charge is 0.356 e. The molecule has 0 aliphatic heterocycles. The molecule has 19 heavy (non-hydrogen) atoms. The highest BCUT2D eigenvalue weighted by Crippen LogP contribution is 2.23. The molecule has 0 saturated carbocycles. The Hall–Kier alpha value is -2.21. The van der Waals surface area contributed by atoms with Crippen LogP contribution in [0.4, 0.5) is 0 Å². The monoisotopic (exact) mass is 317 g/mol. The fraction of sp³-hybridized carbons (Fsp3) is 0. The number of carbonyl (C=O) groups is 1. The van der Waals surface area contributed by atoms with Gasteiger partial charge < -0.3 is 5.11 Å². The van der Waals surface area contributed by atoms with Crippen molar-refractivity contribution in [1.82, 2.24) is 14.4 Å². The van der Waals surface area contributed by atoms with Crippen molar-refractivity contribution in [2.75, 3.05) is 0 Å². The molecule has 0 fully saturated rings. The molecule has 0 amide bonds. The third kappa shape index (κ3) is 2.00. The predicted molar refractivity (Wildman–Crippen MR) is 73.1 cm³/mol. The van der Waals surface area contributed by atoms with Gasteiger partial charge in [-0.25, -0.2) is 9.78 Å². The standard InChI is InChI=1S/C13H8BrN3O2/c14-8-4-5-10-11(13(18)19)16-12(17(10)7-8)9-3-1-2-6-15-9/h1-7H,(H,18,19). The lowest BCUT2D eigenvalue weighted by molar-refractivity contribution is 0.0693. The predicted octanol–water partition coefficient (Wildman–Crippen LogP) is 2.86. The van der Waals surface area contributed by atoms with Crippen molar-refractivity contribution in [2.24, 2.45) is 0 Å². The van der Waals surface area contributed by atoms with Crippen LogP contribution < -0.4 is 0 Å². The zero-order valence-corrected chi connectivity index (χ0v) is 11.2. The summed E-state index contributed by atoms with van der Waals surface area (Å²) >= 11 is 3.37. The summed E-state index contributed by atoms with van der Waals surface area (Å²) in [6.07, 6.45) is 3.42. The van der Waals surface area contributed by atoms with E-state index in [1.54, 1.807) is 41.1 Å². The normalized spacial score (nSPS) is 10.8. The van der Waals surface area contributed by atoms with Gasteiger partial charge in [0.1, 0.15) is 5.69 Å². The van der Waals surface area contributed by atoms with Crippen molar-refractivity contribution in [3.8, 4) is 11.5 Å². The number of nitrogens with zero attached hydrogens (tertiary/aromatic N) is 3. The molecular weight excluding hydrogens is 310 g/mol.